The number of aliphatic hydroxyl groups excluding tert-OH is 1. The summed E-state index contributed by atoms with van der Waals surface area (Å²) in [7, 11) is 0. The van der Waals surface area contributed by atoms with Crippen LogP contribution in [0.4, 0.5) is 0 Å². The second-order valence-corrected chi connectivity index (χ2v) is 6.95. The van der Waals surface area contributed by atoms with Crippen molar-refractivity contribution in [3.05, 3.63) is 22.4 Å². The maximum Gasteiger partial charge on any atom is 0.264 e. The van der Waals surface area contributed by atoms with E-state index in [0.29, 0.717) is 12.6 Å². The third-order valence-corrected chi connectivity index (χ3v) is 5.80. The molecule has 1 aliphatic rings. The molecule has 3 nitrogen and oxygen atoms in total. The van der Waals surface area contributed by atoms with Crippen LogP contribution in [0, 0.1) is 0 Å². The first kappa shape index (κ1) is 13.1. The monoisotopic (exact) mass is 295 g/mol. The summed E-state index contributed by atoms with van der Waals surface area (Å²) in [6.45, 7) is 0.497. The van der Waals surface area contributed by atoms with Crippen LogP contribution in [-0.4, -0.2) is 35.1 Å². The van der Waals surface area contributed by atoms with Gasteiger partial charge < -0.3 is 10.0 Å². The summed E-state index contributed by atoms with van der Waals surface area (Å²) in [5.74, 6) is 0.0920. The summed E-state index contributed by atoms with van der Waals surface area (Å²) in [6.07, 6.45) is 4.54. The summed E-state index contributed by atoms with van der Waals surface area (Å²) in [5, 5.41) is 11.3. The molecule has 0 atom stereocenters. The van der Waals surface area contributed by atoms with Gasteiger partial charge in [0.25, 0.3) is 5.91 Å². The van der Waals surface area contributed by atoms with Crippen molar-refractivity contribution in [1.29, 1.82) is 0 Å². The molecule has 1 amide bonds. The number of amides is 1. The molecule has 1 saturated carbocycles. The lowest BCUT2D eigenvalue weighted by Gasteiger charge is -2.27. The predicted molar refractivity (Wildman–Crippen MR) is 80.1 cm³/mol. The zero-order valence-corrected chi connectivity index (χ0v) is 12.3. The van der Waals surface area contributed by atoms with Crippen molar-refractivity contribution < 1.29 is 9.90 Å². The van der Waals surface area contributed by atoms with Crippen molar-refractivity contribution in [2.45, 2.75) is 31.7 Å². The topological polar surface area (TPSA) is 40.5 Å². The van der Waals surface area contributed by atoms with E-state index in [9.17, 15) is 9.90 Å². The quantitative estimate of drug-likeness (QED) is 0.940. The van der Waals surface area contributed by atoms with Gasteiger partial charge >= 0.3 is 0 Å². The lowest BCUT2D eigenvalue weighted by atomic mass is 10.2. The van der Waals surface area contributed by atoms with E-state index >= 15 is 0 Å². The molecule has 2 heterocycles. The van der Waals surface area contributed by atoms with Crippen molar-refractivity contribution in [3.63, 3.8) is 0 Å². The van der Waals surface area contributed by atoms with E-state index in [2.05, 4.69) is 11.4 Å². The molecule has 0 aromatic carbocycles. The van der Waals surface area contributed by atoms with Crippen LogP contribution in [0.25, 0.3) is 9.40 Å². The molecule has 0 aliphatic heterocycles. The highest BCUT2D eigenvalue weighted by atomic mass is 32.1. The Morgan fingerprint density at radius 2 is 2.16 bits per heavy atom. The van der Waals surface area contributed by atoms with Gasteiger partial charge in [-0.25, -0.2) is 0 Å². The smallest absolute Gasteiger partial charge is 0.264 e. The minimum absolute atomic E-state index is 0.0436. The van der Waals surface area contributed by atoms with E-state index in [-0.39, 0.29) is 12.5 Å². The molecule has 19 heavy (non-hydrogen) atoms. The number of carbonyl (C=O) groups is 1. The Kier molecular flexibility index (Phi) is 3.86. The molecule has 0 radical (unpaired) electrons. The maximum atomic E-state index is 12.6. The highest BCUT2D eigenvalue weighted by molar-refractivity contribution is 7.27. The molecule has 3 rings (SSSR count). The van der Waals surface area contributed by atoms with Gasteiger partial charge in [0.2, 0.25) is 0 Å². The molecule has 1 N–H and O–H groups in total. The summed E-state index contributed by atoms with van der Waals surface area (Å²) in [4.78, 5) is 15.3. The first-order valence-electron chi connectivity index (χ1n) is 6.68. The Balaban J connectivity index is 1.84. The van der Waals surface area contributed by atoms with Crippen molar-refractivity contribution in [1.82, 2.24) is 4.90 Å². The Labute approximate surface area is 120 Å². The fourth-order valence-electron chi connectivity index (χ4n) is 2.79. The molecular weight excluding hydrogens is 278 g/mol. The Morgan fingerprint density at radius 1 is 1.37 bits per heavy atom. The first-order chi connectivity index (χ1) is 9.29. The lowest BCUT2D eigenvalue weighted by Crippen LogP contribution is -2.40. The minimum atomic E-state index is 0.0436. The second-order valence-electron chi connectivity index (χ2n) is 4.92. The summed E-state index contributed by atoms with van der Waals surface area (Å²) in [5.41, 5.74) is 0. The molecule has 2 aromatic rings. The third-order valence-electron chi connectivity index (χ3n) is 3.72. The molecular formula is C14H17NO2S2. The number of rotatable bonds is 4. The maximum absolute atomic E-state index is 12.6. The van der Waals surface area contributed by atoms with Crippen LogP contribution in [-0.2, 0) is 0 Å². The standard InChI is InChI=1S/C14H17NO2S2/c16-7-6-15(10-3-1-2-4-10)14(17)13-9-12-11(19-13)5-8-18-12/h5,8-10,16H,1-4,6-7H2. The van der Waals surface area contributed by atoms with E-state index in [1.807, 2.05) is 11.0 Å². The molecule has 0 bridgehead atoms. The van der Waals surface area contributed by atoms with Gasteiger partial charge in [0.1, 0.15) is 0 Å². The van der Waals surface area contributed by atoms with Gasteiger partial charge in [-0.1, -0.05) is 12.8 Å². The number of fused-ring (bicyclic) bond motifs is 1. The third kappa shape index (κ3) is 2.55. The van der Waals surface area contributed by atoms with Gasteiger partial charge in [-0.3, -0.25) is 4.79 Å². The highest BCUT2D eigenvalue weighted by Gasteiger charge is 2.27. The van der Waals surface area contributed by atoms with Crippen LogP contribution in [0.3, 0.4) is 0 Å². The van der Waals surface area contributed by atoms with Crippen LogP contribution in [0.5, 0.6) is 0 Å². The fraction of sp³-hybridized carbons (Fsp3) is 0.500. The van der Waals surface area contributed by atoms with Gasteiger partial charge in [-0.05, 0) is 30.4 Å². The predicted octanol–water partition coefficient (Wildman–Crippen LogP) is 3.34. The molecule has 102 valence electrons. The number of hydrogen-bond donors (Lipinski definition) is 1. The van der Waals surface area contributed by atoms with Crippen LogP contribution in [0.1, 0.15) is 35.4 Å². The first-order valence-corrected chi connectivity index (χ1v) is 8.38. The Morgan fingerprint density at radius 3 is 2.84 bits per heavy atom. The van der Waals surface area contributed by atoms with Gasteiger partial charge in [0, 0.05) is 22.0 Å². The summed E-state index contributed by atoms with van der Waals surface area (Å²) < 4.78 is 2.37. The summed E-state index contributed by atoms with van der Waals surface area (Å²) in [6, 6.07) is 4.37. The Hall–Kier alpha value is -0.910. The van der Waals surface area contributed by atoms with E-state index in [1.165, 1.54) is 22.2 Å². The molecule has 0 saturated heterocycles. The van der Waals surface area contributed by atoms with Crippen molar-refractivity contribution in [2.75, 3.05) is 13.2 Å². The zero-order chi connectivity index (χ0) is 13.2. The van der Waals surface area contributed by atoms with Gasteiger partial charge in [-0.15, -0.1) is 22.7 Å². The molecule has 0 spiro atoms. The normalized spacial score (nSPS) is 16.3. The highest BCUT2D eigenvalue weighted by Crippen LogP contribution is 2.32. The van der Waals surface area contributed by atoms with Gasteiger partial charge in [-0.2, -0.15) is 0 Å². The average molecular weight is 295 g/mol. The molecule has 1 fully saturated rings. The van der Waals surface area contributed by atoms with Crippen LogP contribution in [0.15, 0.2) is 17.5 Å². The van der Waals surface area contributed by atoms with Crippen molar-refractivity contribution >= 4 is 38.0 Å². The molecule has 5 heteroatoms. The molecule has 0 unspecified atom stereocenters. The average Bonchev–Trinajstić information content (AvgIpc) is 3.09. The number of nitrogens with zero attached hydrogens (tertiary/aromatic N) is 1. The number of hydrogen-bond acceptors (Lipinski definition) is 4. The van der Waals surface area contributed by atoms with Crippen molar-refractivity contribution in [2.24, 2.45) is 0 Å². The van der Waals surface area contributed by atoms with Gasteiger partial charge in [0.15, 0.2) is 0 Å². The van der Waals surface area contributed by atoms with E-state index in [4.69, 9.17) is 0 Å². The number of thiophene rings is 2. The van der Waals surface area contributed by atoms with Crippen LogP contribution >= 0.6 is 22.7 Å². The fourth-order valence-corrected chi connectivity index (χ4v) is 4.85. The molecule has 2 aromatic heterocycles. The van der Waals surface area contributed by atoms with E-state index < -0.39 is 0 Å². The van der Waals surface area contributed by atoms with Crippen LogP contribution in [0.2, 0.25) is 0 Å². The minimum Gasteiger partial charge on any atom is -0.395 e. The number of aliphatic hydroxyl groups is 1. The summed E-state index contributed by atoms with van der Waals surface area (Å²) >= 11 is 3.24. The van der Waals surface area contributed by atoms with Crippen LogP contribution < -0.4 is 0 Å². The van der Waals surface area contributed by atoms with Gasteiger partial charge in [0.05, 0.1) is 11.5 Å². The molecule has 1 aliphatic carbocycles. The van der Waals surface area contributed by atoms with Crippen molar-refractivity contribution in [3.8, 4) is 0 Å². The van der Waals surface area contributed by atoms with E-state index in [1.54, 1.807) is 22.7 Å². The number of carbonyl (C=O) groups excluding carboxylic acids is 1. The van der Waals surface area contributed by atoms with E-state index in [0.717, 1.165) is 17.7 Å². The largest absolute Gasteiger partial charge is 0.395 e. The lowest BCUT2D eigenvalue weighted by molar-refractivity contribution is 0.0643. The SMILES string of the molecule is O=C(c1cc2sccc2s1)N(CCO)C1CCCC1. The Bertz CT molecular complexity index is 540. The zero-order valence-electron chi connectivity index (χ0n) is 10.7. The second kappa shape index (κ2) is 5.61.